The molecule has 2 aromatic rings. The van der Waals surface area contributed by atoms with E-state index in [1.807, 2.05) is 24.3 Å². The predicted molar refractivity (Wildman–Crippen MR) is 78.3 cm³/mol. The Morgan fingerprint density at radius 1 is 1.10 bits per heavy atom. The van der Waals surface area contributed by atoms with Crippen molar-refractivity contribution in [3.63, 3.8) is 0 Å². The van der Waals surface area contributed by atoms with Crippen LogP contribution >= 0.6 is 11.6 Å². The van der Waals surface area contributed by atoms with E-state index in [0.717, 1.165) is 16.9 Å². The summed E-state index contributed by atoms with van der Waals surface area (Å²) in [4.78, 5) is 10.1. The average molecular weight is 292 g/mol. The number of nitro groups is 1. The Morgan fingerprint density at radius 3 is 2.50 bits per heavy atom. The van der Waals surface area contributed by atoms with Crippen LogP contribution in [0.3, 0.4) is 0 Å². The Bertz CT molecular complexity index is 584. The number of nitrogens with zero attached hydrogens (tertiary/aromatic N) is 1. The minimum Gasteiger partial charge on any atom is -0.493 e. The maximum Gasteiger partial charge on any atom is 0.269 e. The van der Waals surface area contributed by atoms with Crippen LogP contribution < -0.4 is 4.74 Å². The van der Waals surface area contributed by atoms with E-state index in [4.69, 9.17) is 16.3 Å². The molecule has 0 aliphatic rings. The number of halogens is 1. The normalized spacial score (nSPS) is 10.2. The molecule has 0 N–H and O–H groups in total. The highest BCUT2D eigenvalue weighted by Gasteiger charge is 2.04. The summed E-state index contributed by atoms with van der Waals surface area (Å²) in [6.07, 6.45) is 0.698. The molecule has 0 fully saturated rings. The Morgan fingerprint density at radius 2 is 1.85 bits per heavy atom. The SMILES string of the molecule is O=[N+]([O-])c1ccc(CCOc2cccc(CCl)c2)cc1. The average Bonchev–Trinajstić information content (AvgIpc) is 2.48. The van der Waals surface area contributed by atoms with Crippen molar-refractivity contribution >= 4 is 17.3 Å². The second-order valence-corrected chi connectivity index (χ2v) is 4.57. The molecule has 0 amide bonds. The summed E-state index contributed by atoms with van der Waals surface area (Å²) in [6, 6.07) is 14.1. The van der Waals surface area contributed by atoms with Gasteiger partial charge in [-0.15, -0.1) is 11.6 Å². The zero-order chi connectivity index (χ0) is 14.4. The summed E-state index contributed by atoms with van der Waals surface area (Å²) in [5.41, 5.74) is 2.12. The van der Waals surface area contributed by atoms with Crippen LogP contribution in [0.1, 0.15) is 11.1 Å². The van der Waals surface area contributed by atoms with Gasteiger partial charge in [0, 0.05) is 24.4 Å². The summed E-state index contributed by atoms with van der Waals surface area (Å²) < 4.78 is 5.64. The van der Waals surface area contributed by atoms with Crippen molar-refractivity contribution in [1.82, 2.24) is 0 Å². The van der Waals surface area contributed by atoms with Gasteiger partial charge in [-0.3, -0.25) is 10.1 Å². The van der Waals surface area contributed by atoms with Crippen LogP contribution in [-0.2, 0) is 12.3 Å². The van der Waals surface area contributed by atoms with Gasteiger partial charge >= 0.3 is 0 Å². The molecule has 0 spiro atoms. The van der Waals surface area contributed by atoms with Crippen LogP contribution in [0, 0.1) is 10.1 Å². The highest BCUT2D eigenvalue weighted by atomic mass is 35.5. The number of rotatable bonds is 6. The lowest BCUT2D eigenvalue weighted by molar-refractivity contribution is -0.384. The molecule has 20 heavy (non-hydrogen) atoms. The second-order valence-electron chi connectivity index (χ2n) is 4.30. The van der Waals surface area contributed by atoms with Crippen molar-refractivity contribution in [2.75, 3.05) is 6.61 Å². The van der Waals surface area contributed by atoms with Crippen molar-refractivity contribution in [2.45, 2.75) is 12.3 Å². The van der Waals surface area contributed by atoms with Crippen molar-refractivity contribution in [3.8, 4) is 5.75 Å². The Labute approximate surface area is 122 Å². The first kappa shape index (κ1) is 14.3. The summed E-state index contributed by atoms with van der Waals surface area (Å²) in [5.74, 6) is 1.24. The van der Waals surface area contributed by atoms with Crippen LogP contribution in [0.4, 0.5) is 5.69 Å². The highest BCUT2D eigenvalue weighted by Crippen LogP contribution is 2.16. The van der Waals surface area contributed by atoms with E-state index in [1.54, 1.807) is 12.1 Å². The molecule has 4 nitrogen and oxygen atoms in total. The van der Waals surface area contributed by atoms with Crippen molar-refractivity contribution in [2.24, 2.45) is 0 Å². The molecule has 0 heterocycles. The van der Waals surface area contributed by atoms with Crippen LogP contribution in [0.5, 0.6) is 5.75 Å². The van der Waals surface area contributed by atoms with E-state index >= 15 is 0 Å². The summed E-state index contributed by atoms with van der Waals surface area (Å²) >= 11 is 5.76. The molecule has 0 saturated carbocycles. The fourth-order valence-electron chi connectivity index (χ4n) is 1.79. The molecular weight excluding hydrogens is 278 g/mol. The van der Waals surface area contributed by atoms with Crippen LogP contribution in [0.2, 0.25) is 0 Å². The molecule has 0 saturated heterocycles. The third-order valence-electron chi connectivity index (χ3n) is 2.86. The topological polar surface area (TPSA) is 52.4 Å². The first-order chi connectivity index (χ1) is 9.69. The molecule has 0 aliphatic heterocycles. The Balaban J connectivity index is 1.87. The van der Waals surface area contributed by atoms with Crippen molar-refractivity contribution < 1.29 is 9.66 Å². The van der Waals surface area contributed by atoms with E-state index < -0.39 is 4.92 Å². The number of hydrogen-bond acceptors (Lipinski definition) is 3. The van der Waals surface area contributed by atoms with E-state index in [0.29, 0.717) is 18.9 Å². The number of nitro benzene ring substituents is 1. The smallest absolute Gasteiger partial charge is 0.269 e. The van der Waals surface area contributed by atoms with E-state index in [1.165, 1.54) is 12.1 Å². The zero-order valence-electron chi connectivity index (χ0n) is 10.8. The van der Waals surface area contributed by atoms with Gasteiger partial charge in [-0.05, 0) is 23.3 Å². The lowest BCUT2D eigenvalue weighted by Crippen LogP contribution is -2.01. The monoisotopic (exact) mass is 291 g/mol. The minimum absolute atomic E-state index is 0.101. The number of alkyl halides is 1. The zero-order valence-corrected chi connectivity index (χ0v) is 11.5. The van der Waals surface area contributed by atoms with Gasteiger partial charge in [-0.2, -0.15) is 0 Å². The number of non-ortho nitro benzene ring substituents is 1. The van der Waals surface area contributed by atoms with Gasteiger partial charge in [0.1, 0.15) is 5.75 Å². The maximum absolute atomic E-state index is 10.5. The highest BCUT2D eigenvalue weighted by molar-refractivity contribution is 6.17. The predicted octanol–water partition coefficient (Wildman–Crippen LogP) is 3.96. The molecule has 0 aromatic heterocycles. The Kier molecular flexibility index (Phi) is 4.96. The lowest BCUT2D eigenvalue weighted by atomic mass is 10.1. The second kappa shape index (κ2) is 6.91. The number of benzene rings is 2. The van der Waals surface area contributed by atoms with Crippen LogP contribution in [0.25, 0.3) is 0 Å². The standard InChI is InChI=1S/C15H14ClNO3/c16-11-13-2-1-3-15(10-13)20-9-8-12-4-6-14(7-5-12)17(18)19/h1-7,10H,8-9,11H2. The van der Waals surface area contributed by atoms with Gasteiger partial charge in [0.2, 0.25) is 0 Å². The molecule has 2 rings (SSSR count). The van der Waals surface area contributed by atoms with Crippen LogP contribution in [-0.4, -0.2) is 11.5 Å². The van der Waals surface area contributed by atoms with Crippen molar-refractivity contribution in [3.05, 3.63) is 69.8 Å². The Hall–Kier alpha value is -2.07. The molecular formula is C15H14ClNO3. The van der Waals surface area contributed by atoms with Crippen LogP contribution in [0.15, 0.2) is 48.5 Å². The van der Waals surface area contributed by atoms with Gasteiger partial charge in [-0.1, -0.05) is 24.3 Å². The molecule has 2 aromatic carbocycles. The first-order valence-corrected chi connectivity index (χ1v) is 6.73. The molecule has 0 bridgehead atoms. The third kappa shape index (κ3) is 3.96. The molecule has 0 radical (unpaired) electrons. The molecule has 5 heteroatoms. The lowest BCUT2D eigenvalue weighted by Gasteiger charge is -2.07. The van der Waals surface area contributed by atoms with Gasteiger partial charge in [0.15, 0.2) is 0 Å². The largest absolute Gasteiger partial charge is 0.493 e. The fourth-order valence-corrected chi connectivity index (χ4v) is 1.96. The summed E-state index contributed by atoms with van der Waals surface area (Å²) in [7, 11) is 0. The third-order valence-corrected chi connectivity index (χ3v) is 3.17. The maximum atomic E-state index is 10.5. The summed E-state index contributed by atoms with van der Waals surface area (Å²) in [5, 5.41) is 10.5. The molecule has 0 unspecified atom stereocenters. The fraction of sp³-hybridized carbons (Fsp3) is 0.200. The van der Waals surface area contributed by atoms with Gasteiger partial charge in [0.05, 0.1) is 11.5 Å². The van der Waals surface area contributed by atoms with E-state index in [2.05, 4.69) is 0 Å². The van der Waals surface area contributed by atoms with Gasteiger partial charge in [0.25, 0.3) is 5.69 Å². The van der Waals surface area contributed by atoms with Gasteiger partial charge in [-0.25, -0.2) is 0 Å². The van der Waals surface area contributed by atoms with E-state index in [-0.39, 0.29) is 5.69 Å². The molecule has 0 atom stereocenters. The van der Waals surface area contributed by atoms with E-state index in [9.17, 15) is 10.1 Å². The minimum atomic E-state index is -0.405. The first-order valence-electron chi connectivity index (χ1n) is 6.20. The van der Waals surface area contributed by atoms with Gasteiger partial charge < -0.3 is 4.74 Å². The number of hydrogen-bond donors (Lipinski definition) is 0. The molecule has 104 valence electrons. The van der Waals surface area contributed by atoms with Crippen molar-refractivity contribution in [1.29, 1.82) is 0 Å². The number of ether oxygens (including phenoxy) is 1. The summed E-state index contributed by atoms with van der Waals surface area (Å²) in [6.45, 7) is 0.517. The molecule has 0 aliphatic carbocycles. The quantitative estimate of drug-likeness (QED) is 0.460.